The molecule has 0 bridgehead atoms. The van der Waals surface area contributed by atoms with E-state index in [1.54, 1.807) is 0 Å². The Balaban J connectivity index is 1.80. The second kappa shape index (κ2) is 6.87. The molecule has 2 atom stereocenters. The molecule has 0 saturated heterocycles. The standard InChI is InChI=1S/C15H20BrN3/c1-12(10-14-4-6-15(16)7-5-14)18-13(2)11-19-9-3-8-17-19/h3-9,12-13,18H,10-11H2,1-2H3. The molecule has 2 unspecified atom stereocenters. The van der Waals surface area contributed by atoms with E-state index in [1.165, 1.54) is 5.56 Å². The number of hydrogen-bond acceptors (Lipinski definition) is 2. The van der Waals surface area contributed by atoms with Crippen LogP contribution in [-0.2, 0) is 13.0 Å². The quantitative estimate of drug-likeness (QED) is 0.885. The van der Waals surface area contributed by atoms with Crippen LogP contribution in [0.2, 0.25) is 0 Å². The van der Waals surface area contributed by atoms with Gasteiger partial charge in [-0.05, 0) is 44.0 Å². The second-order valence-electron chi connectivity index (χ2n) is 5.03. The first-order valence-electron chi connectivity index (χ1n) is 6.61. The Kier molecular flexibility index (Phi) is 5.16. The minimum absolute atomic E-state index is 0.408. The van der Waals surface area contributed by atoms with Crippen LogP contribution < -0.4 is 5.32 Å². The Bertz CT molecular complexity index is 479. The van der Waals surface area contributed by atoms with E-state index >= 15 is 0 Å². The summed E-state index contributed by atoms with van der Waals surface area (Å²) in [4.78, 5) is 0. The first kappa shape index (κ1) is 14.3. The van der Waals surface area contributed by atoms with Crippen molar-refractivity contribution in [3.8, 4) is 0 Å². The zero-order chi connectivity index (χ0) is 13.7. The smallest absolute Gasteiger partial charge is 0.0560 e. The molecule has 19 heavy (non-hydrogen) atoms. The molecule has 0 aliphatic carbocycles. The summed E-state index contributed by atoms with van der Waals surface area (Å²) >= 11 is 3.46. The third kappa shape index (κ3) is 4.80. The molecular formula is C15H20BrN3. The Morgan fingerprint density at radius 1 is 1.21 bits per heavy atom. The van der Waals surface area contributed by atoms with Gasteiger partial charge in [-0.1, -0.05) is 28.1 Å². The van der Waals surface area contributed by atoms with E-state index in [4.69, 9.17) is 0 Å². The van der Waals surface area contributed by atoms with Crippen molar-refractivity contribution in [1.82, 2.24) is 15.1 Å². The fourth-order valence-corrected chi connectivity index (χ4v) is 2.52. The largest absolute Gasteiger partial charge is 0.310 e. The van der Waals surface area contributed by atoms with Gasteiger partial charge in [0.25, 0.3) is 0 Å². The molecule has 0 spiro atoms. The van der Waals surface area contributed by atoms with Crippen LogP contribution in [0.5, 0.6) is 0 Å². The lowest BCUT2D eigenvalue weighted by Gasteiger charge is -2.20. The summed E-state index contributed by atoms with van der Waals surface area (Å²) in [5, 5.41) is 7.84. The molecule has 0 amide bonds. The predicted molar refractivity (Wildman–Crippen MR) is 82.1 cm³/mol. The van der Waals surface area contributed by atoms with E-state index in [-0.39, 0.29) is 0 Å². The predicted octanol–water partition coefficient (Wildman–Crippen LogP) is 3.25. The number of hydrogen-bond donors (Lipinski definition) is 1. The van der Waals surface area contributed by atoms with Gasteiger partial charge in [0.15, 0.2) is 0 Å². The van der Waals surface area contributed by atoms with Gasteiger partial charge in [-0.2, -0.15) is 5.10 Å². The van der Waals surface area contributed by atoms with Crippen LogP contribution in [0.3, 0.4) is 0 Å². The maximum atomic E-state index is 4.23. The van der Waals surface area contributed by atoms with Crippen molar-refractivity contribution in [3.05, 3.63) is 52.8 Å². The van der Waals surface area contributed by atoms with Crippen LogP contribution in [-0.4, -0.2) is 21.9 Å². The molecule has 2 rings (SSSR count). The zero-order valence-electron chi connectivity index (χ0n) is 11.4. The summed E-state index contributed by atoms with van der Waals surface area (Å²) < 4.78 is 3.09. The third-order valence-electron chi connectivity index (χ3n) is 3.04. The van der Waals surface area contributed by atoms with Gasteiger partial charge in [0.1, 0.15) is 0 Å². The minimum Gasteiger partial charge on any atom is -0.310 e. The first-order valence-corrected chi connectivity index (χ1v) is 7.40. The normalized spacial score (nSPS) is 14.3. The van der Waals surface area contributed by atoms with Crippen molar-refractivity contribution in [2.24, 2.45) is 0 Å². The molecule has 4 heteroatoms. The maximum absolute atomic E-state index is 4.23. The highest BCUT2D eigenvalue weighted by atomic mass is 79.9. The van der Waals surface area contributed by atoms with Crippen LogP contribution in [0.15, 0.2) is 47.2 Å². The topological polar surface area (TPSA) is 29.9 Å². The van der Waals surface area contributed by atoms with Gasteiger partial charge < -0.3 is 5.32 Å². The molecule has 2 aromatic rings. The SMILES string of the molecule is CC(Cc1ccc(Br)cc1)NC(C)Cn1cccn1. The zero-order valence-corrected chi connectivity index (χ0v) is 13.0. The van der Waals surface area contributed by atoms with Crippen LogP contribution in [0.4, 0.5) is 0 Å². The molecule has 1 heterocycles. The van der Waals surface area contributed by atoms with Crippen LogP contribution in [0.25, 0.3) is 0 Å². The van der Waals surface area contributed by atoms with E-state index in [2.05, 4.69) is 64.5 Å². The van der Waals surface area contributed by atoms with Crippen molar-refractivity contribution in [2.75, 3.05) is 0 Å². The average Bonchev–Trinajstić information content (AvgIpc) is 2.84. The van der Waals surface area contributed by atoms with Crippen molar-refractivity contribution >= 4 is 15.9 Å². The Morgan fingerprint density at radius 3 is 2.58 bits per heavy atom. The molecule has 3 nitrogen and oxygen atoms in total. The van der Waals surface area contributed by atoms with Crippen molar-refractivity contribution < 1.29 is 0 Å². The Labute approximate surface area is 123 Å². The summed E-state index contributed by atoms with van der Waals surface area (Å²) in [6, 6.07) is 11.3. The lowest BCUT2D eigenvalue weighted by Crippen LogP contribution is -2.38. The van der Waals surface area contributed by atoms with Gasteiger partial charge in [0.2, 0.25) is 0 Å². The molecule has 0 radical (unpaired) electrons. The van der Waals surface area contributed by atoms with E-state index in [0.29, 0.717) is 12.1 Å². The number of nitrogens with one attached hydrogen (secondary N) is 1. The molecule has 0 aliphatic rings. The lowest BCUT2D eigenvalue weighted by molar-refractivity contribution is 0.405. The molecule has 1 N–H and O–H groups in total. The first-order chi connectivity index (χ1) is 9.13. The summed E-state index contributed by atoms with van der Waals surface area (Å²) in [6.45, 7) is 5.32. The Morgan fingerprint density at radius 2 is 1.95 bits per heavy atom. The van der Waals surface area contributed by atoms with Gasteiger partial charge >= 0.3 is 0 Å². The van der Waals surface area contributed by atoms with E-state index in [1.807, 2.05) is 23.1 Å². The fourth-order valence-electron chi connectivity index (χ4n) is 2.26. The number of benzene rings is 1. The molecule has 102 valence electrons. The van der Waals surface area contributed by atoms with Crippen molar-refractivity contribution in [2.45, 2.75) is 38.9 Å². The summed E-state index contributed by atoms with van der Waals surface area (Å²) in [6.07, 6.45) is 4.85. The van der Waals surface area contributed by atoms with E-state index < -0.39 is 0 Å². The Hall–Kier alpha value is -1.13. The average molecular weight is 322 g/mol. The molecule has 0 saturated carbocycles. The summed E-state index contributed by atoms with van der Waals surface area (Å²) in [7, 11) is 0. The van der Waals surface area contributed by atoms with Gasteiger partial charge in [0, 0.05) is 29.0 Å². The van der Waals surface area contributed by atoms with Crippen LogP contribution in [0, 0.1) is 0 Å². The molecule has 1 aromatic carbocycles. The van der Waals surface area contributed by atoms with Crippen LogP contribution in [0.1, 0.15) is 19.4 Å². The van der Waals surface area contributed by atoms with Crippen LogP contribution >= 0.6 is 15.9 Å². The van der Waals surface area contributed by atoms with Gasteiger partial charge in [-0.3, -0.25) is 4.68 Å². The highest BCUT2D eigenvalue weighted by Crippen LogP contribution is 2.12. The van der Waals surface area contributed by atoms with E-state index in [9.17, 15) is 0 Å². The monoisotopic (exact) mass is 321 g/mol. The highest BCUT2D eigenvalue weighted by Gasteiger charge is 2.08. The van der Waals surface area contributed by atoms with E-state index in [0.717, 1.165) is 17.4 Å². The maximum Gasteiger partial charge on any atom is 0.0560 e. The highest BCUT2D eigenvalue weighted by molar-refractivity contribution is 9.10. The molecule has 0 fully saturated rings. The lowest BCUT2D eigenvalue weighted by atomic mass is 10.1. The minimum atomic E-state index is 0.408. The molecule has 1 aromatic heterocycles. The number of aromatic nitrogens is 2. The van der Waals surface area contributed by atoms with Crippen molar-refractivity contribution in [3.63, 3.8) is 0 Å². The van der Waals surface area contributed by atoms with Gasteiger partial charge in [-0.15, -0.1) is 0 Å². The number of nitrogens with zero attached hydrogens (tertiary/aromatic N) is 2. The van der Waals surface area contributed by atoms with Gasteiger partial charge in [0.05, 0.1) is 6.54 Å². The summed E-state index contributed by atoms with van der Waals surface area (Å²) in [5.74, 6) is 0. The number of halogens is 1. The second-order valence-corrected chi connectivity index (χ2v) is 5.94. The van der Waals surface area contributed by atoms with Crippen molar-refractivity contribution in [1.29, 1.82) is 0 Å². The molecular weight excluding hydrogens is 302 g/mol. The summed E-state index contributed by atoms with van der Waals surface area (Å²) in [5.41, 5.74) is 1.36. The molecule has 0 aliphatic heterocycles. The number of rotatable bonds is 6. The fraction of sp³-hybridized carbons (Fsp3) is 0.400. The van der Waals surface area contributed by atoms with Gasteiger partial charge in [-0.25, -0.2) is 0 Å². The third-order valence-corrected chi connectivity index (χ3v) is 3.57.